The molecule has 2 heterocycles. The highest BCUT2D eigenvalue weighted by Crippen LogP contribution is 2.56. The number of thiazole rings is 1. The molecule has 2 atom stereocenters. The lowest BCUT2D eigenvalue weighted by atomic mass is 9.81. The normalized spacial score (nSPS) is 14.6. The Hall–Kier alpha value is -3.37. The van der Waals surface area contributed by atoms with Crippen LogP contribution in [0.4, 0.5) is 8.78 Å². The van der Waals surface area contributed by atoms with Crippen molar-refractivity contribution in [2.45, 2.75) is 77.7 Å². The fourth-order valence-corrected chi connectivity index (χ4v) is 7.20. The van der Waals surface area contributed by atoms with E-state index in [1.54, 1.807) is 72.7 Å². The average molecular weight is 660 g/mol. The number of rotatable bonds is 12. The largest absolute Gasteiger partial charge is 0.477 e. The molecule has 2 aromatic carbocycles. The van der Waals surface area contributed by atoms with Crippen LogP contribution < -0.4 is 0 Å². The number of phosphoric acid groups is 1. The van der Waals surface area contributed by atoms with Crippen molar-refractivity contribution < 1.29 is 31.7 Å². The Morgan fingerprint density at radius 2 is 1.71 bits per heavy atom. The highest BCUT2D eigenvalue weighted by molar-refractivity contribution is 7.48. The maximum atomic E-state index is 15.7. The maximum Gasteiger partial charge on any atom is 0.477 e. The van der Waals surface area contributed by atoms with E-state index in [-0.39, 0.29) is 12.1 Å². The number of benzene rings is 2. The third kappa shape index (κ3) is 8.88. The first-order chi connectivity index (χ1) is 21.0. The maximum absolute atomic E-state index is 15.7. The Labute approximate surface area is 265 Å². The SMILES string of the molecule is C[C@@H](c1nc(-c2ccc(C#N)cc2)cs1)[C@@](Cn1cncn1)(OCOP(=O)(OC(C)(C)C)OC(C)(C)C)c1ccc(F)cc1F. The van der Waals surface area contributed by atoms with Gasteiger partial charge in [0.1, 0.15) is 29.9 Å². The molecule has 45 heavy (non-hydrogen) atoms. The third-order valence-electron chi connectivity index (χ3n) is 6.45. The molecule has 10 nitrogen and oxygen atoms in total. The molecule has 0 saturated carbocycles. The first-order valence-electron chi connectivity index (χ1n) is 14.1. The fourth-order valence-electron chi connectivity index (χ4n) is 4.56. The Balaban J connectivity index is 1.79. The van der Waals surface area contributed by atoms with Crippen molar-refractivity contribution in [3.63, 3.8) is 0 Å². The van der Waals surface area contributed by atoms with Crippen molar-refractivity contribution in [2.75, 3.05) is 6.79 Å². The zero-order chi connectivity index (χ0) is 33.0. The van der Waals surface area contributed by atoms with Gasteiger partial charge in [-0.2, -0.15) is 10.4 Å². The minimum Gasteiger partial charge on any atom is -0.341 e. The molecule has 0 unspecified atom stereocenters. The summed E-state index contributed by atoms with van der Waals surface area (Å²) in [5.41, 5.74) is -1.53. The van der Waals surface area contributed by atoms with E-state index in [2.05, 4.69) is 16.2 Å². The summed E-state index contributed by atoms with van der Waals surface area (Å²) in [6.07, 6.45) is 2.76. The predicted molar refractivity (Wildman–Crippen MR) is 165 cm³/mol. The first-order valence-corrected chi connectivity index (χ1v) is 16.4. The molecule has 0 saturated heterocycles. The molecule has 0 spiro atoms. The number of aromatic nitrogens is 4. The molecular formula is C31H36F2N5O5PS. The molecule has 240 valence electrons. The van der Waals surface area contributed by atoms with Crippen molar-refractivity contribution in [3.8, 4) is 17.3 Å². The molecule has 0 aliphatic rings. The Morgan fingerprint density at radius 3 is 2.27 bits per heavy atom. The summed E-state index contributed by atoms with van der Waals surface area (Å²) in [7, 11) is -4.22. The van der Waals surface area contributed by atoms with Gasteiger partial charge in [-0.25, -0.2) is 28.0 Å². The van der Waals surface area contributed by atoms with E-state index in [4.69, 9.17) is 28.6 Å². The molecule has 0 fully saturated rings. The topological polar surface area (TPSA) is 121 Å². The van der Waals surface area contributed by atoms with Gasteiger partial charge in [0.25, 0.3) is 0 Å². The van der Waals surface area contributed by atoms with E-state index in [0.29, 0.717) is 16.3 Å². The van der Waals surface area contributed by atoms with Gasteiger partial charge in [0, 0.05) is 28.5 Å². The van der Waals surface area contributed by atoms with Gasteiger partial charge < -0.3 is 4.74 Å². The van der Waals surface area contributed by atoms with Gasteiger partial charge in [-0.1, -0.05) is 25.1 Å². The van der Waals surface area contributed by atoms with Crippen LogP contribution in [0.5, 0.6) is 0 Å². The molecule has 4 aromatic rings. The minimum absolute atomic E-state index is 0.00562. The number of phosphoric ester groups is 1. The highest BCUT2D eigenvalue weighted by atomic mass is 32.1. The van der Waals surface area contributed by atoms with Gasteiger partial charge in [-0.05, 0) is 59.7 Å². The second-order valence-electron chi connectivity index (χ2n) is 12.3. The highest BCUT2D eigenvalue weighted by Gasteiger charge is 2.46. The van der Waals surface area contributed by atoms with Crippen LogP contribution in [-0.2, 0) is 35.0 Å². The van der Waals surface area contributed by atoms with Crippen LogP contribution in [0.25, 0.3) is 11.3 Å². The van der Waals surface area contributed by atoms with Gasteiger partial charge in [-0.3, -0.25) is 13.6 Å². The van der Waals surface area contributed by atoms with Crippen molar-refractivity contribution in [1.29, 1.82) is 5.26 Å². The Kier molecular flexibility index (Phi) is 10.4. The van der Waals surface area contributed by atoms with Crippen LogP contribution in [-0.4, -0.2) is 37.7 Å². The number of halogens is 2. The smallest absolute Gasteiger partial charge is 0.341 e. The molecule has 0 aliphatic carbocycles. The summed E-state index contributed by atoms with van der Waals surface area (Å²) in [4.78, 5) is 8.84. The lowest BCUT2D eigenvalue weighted by molar-refractivity contribution is -0.148. The van der Waals surface area contributed by atoms with E-state index in [1.807, 2.05) is 5.38 Å². The molecule has 2 aromatic heterocycles. The molecule has 0 N–H and O–H groups in total. The zero-order valence-electron chi connectivity index (χ0n) is 26.2. The minimum atomic E-state index is -4.22. The number of hydrogen-bond donors (Lipinski definition) is 0. The Bertz CT molecular complexity index is 1660. The molecule has 0 bridgehead atoms. The predicted octanol–water partition coefficient (Wildman–Crippen LogP) is 7.98. The molecule has 0 aliphatic heterocycles. The van der Waals surface area contributed by atoms with Crippen LogP contribution in [0.2, 0.25) is 0 Å². The van der Waals surface area contributed by atoms with Gasteiger partial charge in [0.15, 0.2) is 6.79 Å². The van der Waals surface area contributed by atoms with Crippen molar-refractivity contribution in [1.82, 2.24) is 19.7 Å². The zero-order valence-corrected chi connectivity index (χ0v) is 27.9. The lowest BCUT2D eigenvalue weighted by Crippen LogP contribution is -2.41. The molecule has 0 radical (unpaired) electrons. The van der Waals surface area contributed by atoms with Crippen molar-refractivity contribution in [2.24, 2.45) is 0 Å². The molecule has 0 amide bonds. The van der Waals surface area contributed by atoms with Crippen LogP contribution in [0.3, 0.4) is 0 Å². The summed E-state index contributed by atoms with van der Waals surface area (Å²) in [5.74, 6) is -2.34. The summed E-state index contributed by atoms with van der Waals surface area (Å²) in [6, 6.07) is 12.2. The van der Waals surface area contributed by atoms with E-state index in [1.165, 1.54) is 34.7 Å². The van der Waals surface area contributed by atoms with E-state index < -0.39 is 49.0 Å². The average Bonchev–Trinajstić information content (AvgIpc) is 3.63. The second-order valence-corrected chi connectivity index (χ2v) is 14.7. The van der Waals surface area contributed by atoms with Gasteiger partial charge in [0.2, 0.25) is 0 Å². The summed E-state index contributed by atoms with van der Waals surface area (Å²) >= 11 is 1.32. The molecule has 14 heteroatoms. The van der Waals surface area contributed by atoms with Gasteiger partial charge >= 0.3 is 7.82 Å². The van der Waals surface area contributed by atoms with Crippen LogP contribution in [0.15, 0.2) is 60.5 Å². The first kappa shape index (κ1) is 34.5. The van der Waals surface area contributed by atoms with Crippen LogP contribution in [0, 0.1) is 23.0 Å². The number of nitrogens with zero attached hydrogens (tertiary/aromatic N) is 5. The number of hydrogen-bond acceptors (Lipinski definition) is 10. The third-order valence-corrected chi connectivity index (χ3v) is 9.44. The quantitative estimate of drug-likeness (QED) is 0.110. The number of ether oxygens (including phenoxy) is 1. The monoisotopic (exact) mass is 659 g/mol. The summed E-state index contributed by atoms with van der Waals surface area (Å²) < 4.78 is 68.8. The standard InChI is InChI=1S/C31H36F2N5O5PS/c1-21(28-37-27(16-45-28)23-10-8-22(15-34)9-11-23)31(17-38-19-35-18-36-38,25-13-12-24(32)14-26(25)33)40-20-41-44(39,42-29(2,3)4)43-30(5,6)7/h8-14,16,18-19,21H,17,20H2,1-7H3/t21-,31+/m0/s1. The van der Waals surface area contributed by atoms with E-state index in [9.17, 15) is 8.96 Å². The fraction of sp³-hybridized carbons (Fsp3) is 0.419. The van der Waals surface area contributed by atoms with E-state index in [0.717, 1.165) is 17.7 Å². The Morgan fingerprint density at radius 1 is 1.04 bits per heavy atom. The lowest BCUT2D eigenvalue weighted by Gasteiger charge is -2.39. The van der Waals surface area contributed by atoms with E-state index >= 15 is 4.39 Å². The van der Waals surface area contributed by atoms with Gasteiger partial charge in [-0.15, -0.1) is 11.3 Å². The number of nitriles is 1. The van der Waals surface area contributed by atoms with Crippen LogP contribution >= 0.6 is 19.2 Å². The second kappa shape index (κ2) is 13.5. The molecule has 4 rings (SSSR count). The molecular weight excluding hydrogens is 623 g/mol. The summed E-state index contributed by atoms with van der Waals surface area (Å²) in [6.45, 7) is 11.2. The van der Waals surface area contributed by atoms with Crippen LogP contribution in [0.1, 0.15) is 70.5 Å². The van der Waals surface area contributed by atoms with Crippen molar-refractivity contribution >= 4 is 19.2 Å². The van der Waals surface area contributed by atoms with Gasteiger partial charge in [0.05, 0.1) is 40.1 Å². The van der Waals surface area contributed by atoms with Crippen molar-refractivity contribution in [3.05, 3.63) is 88.3 Å². The summed E-state index contributed by atoms with van der Waals surface area (Å²) in [5, 5.41) is 15.8.